The maximum atomic E-state index is 5.90. The molecule has 0 aromatic heterocycles. The van der Waals surface area contributed by atoms with Gasteiger partial charge in [0.25, 0.3) is 0 Å². The van der Waals surface area contributed by atoms with Crippen molar-refractivity contribution in [2.75, 3.05) is 18.9 Å². The van der Waals surface area contributed by atoms with Crippen molar-refractivity contribution in [1.29, 1.82) is 0 Å². The number of benzene rings is 2. The average molecular weight is 312 g/mol. The van der Waals surface area contributed by atoms with Crippen molar-refractivity contribution in [3.05, 3.63) is 52.0 Å². The lowest BCUT2D eigenvalue weighted by Gasteiger charge is -2.10. The van der Waals surface area contributed by atoms with E-state index in [4.69, 9.17) is 38.4 Å². The van der Waals surface area contributed by atoms with Gasteiger partial charge < -0.3 is 15.2 Å². The van der Waals surface area contributed by atoms with Crippen LogP contribution in [0.15, 0.2) is 36.4 Å². The van der Waals surface area contributed by atoms with Gasteiger partial charge in [-0.2, -0.15) is 0 Å². The van der Waals surface area contributed by atoms with Gasteiger partial charge in [-0.15, -0.1) is 0 Å². The summed E-state index contributed by atoms with van der Waals surface area (Å²) >= 11 is 11.7. The molecule has 0 aliphatic heterocycles. The first-order chi connectivity index (χ1) is 9.56. The Morgan fingerprint density at radius 1 is 0.900 bits per heavy atom. The van der Waals surface area contributed by atoms with Gasteiger partial charge in [0.1, 0.15) is 24.7 Å². The highest BCUT2D eigenvalue weighted by molar-refractivity contribution is 6.42. The first-order valence-electron chi connectivity index (χ1n) is 6.13. The Bertz CT molecular complexity index is 549. The van der Waals surface area contributed by atoms with Crippen molar-refractivity contribution in [3.8, 4) is 11.5 Å². The van der Waals surface area contributed by atoms with Crippen LogP contribution in [0.2, 0.25) is 10.0 Å². The van der Waals surface area contributed by atoms with Gasteiger partial charge in [-0.1, -0.05) is 29.3 Å². The maximum absolute atomic E-state index is 5.90. The molecule has 0 radical (unpaired) electrons. The van der Waals surface area contributed by atoms with Crippen molar-refractivity contribution in [1.82, 2.24) is 0 Å². The molecule has 3 nitrogen and oxygen atoms in total. The van der Waals surface area contributed by atoms with Crippen LogP contribution in [-0.2, 0) is 0 Å². The zero-order valence-corrected chi connectivity index (χ0v) is 12.5. The van der Waals surface area contributed by atoms with Crippen molar-refractivity contribution >= 4 is 28.9 Å². The molecular formula is C15H15Cl2NO2. The molecular weight excluding hydrogens is 297 g/mol. The van der Waals surface area contributed by atoms with Crippen LogP contribution in [0.3, 0.4) is 0 Å². The summed E-state index contributed by atoms with van der Waals surface area (Å²) in [6.45, 7) is 2.78. The molecule has 0 atom stereocenters. The van der Waals surface area contributed by atoms with E-state index >= 15 is 0 Å². The number of nitrogens with two attached hydrogens (primary N) is 1. The van der Waals surface area contributed by atoms with Gasteiger partial charge in [0.2, 0.25) is 0 Å². The van der Waals surface area contributed by atoms with Gasteiger partial charge in [0.05, 0.1) is 10.0 Å². The second kappa shape index (κ2) is 6.73. The van der Waals surface area contributed by atoms with E-state index in [0.29, 0.717) is 34.7 Å². The summed E-state index contributed by atoms with van der Waals surface area (Å²) in [6.07, 6.45) is 0. The molecule has 5 heteroatoms. The summed E-state index contributed by atoms with van der Waals surface area (Å²) in [5.41, 5.74) is 7.56. The number of hydrogen-bond donors (Lipinski definition) is 1. The molecule has 2 aromatic rings. The fourth-order valence-corrected chi connectivity index (χ4v) is 1.88. The summed E-state index contributed by atoms with van der Waals surface area (Å²) < 4.78 is 11.1. The number of nitrogen functional groups attached to an aromatic ring is 1. The van der Waals surface area contributed by atoms with E-state index in [0.717, 1.165) is 11.3 Å². The summed E-state index contributed by atoms with van der Waals surface area (Å²) in [5.74, 6) is 1.39. The minimum absolute atomic E-state index is 0.408. The van der Waals surface area contributed by atoms with Gasteiger partial charge >= 0.3 is 0 Å². The van der Waals surface area contributed by atoms with E-state index in [2.05, 4.69) is 0 Å². The molecule has 20 heavy (non-hydrogen) atoms. The van der Waals surface area contributed by atoms with Crippen molar-refractivity contribution in [3.63, 3.8) is 0 Å². The fraction of sp³-hybridized carbons (Fsp3) is 0.200. The molecule has 0 aliphatic rings. The lowest BCUT2D eigenvalue weighted by atomic mass is 10.2. The highest BCUT2D eigenvalue weighted by atomic mass is 35.5. The van der Waals surface area contributed by atoms with E-state index in [1.807, 2.05) is 19.1 Å². The number of halogens is 2. The Labute approximate surface area is 128 Å². The van der Waals surface area contributed by atoms with Gasteiger partial charge in [0, 0.05) is 17.8 Å². The van der Waals surface area contributed by atoms with Gasteiger partial charge in [0.15, 0.2) is 0 Å². The summed E-state index contributed by atoms with van der Waals surface area (Å²) in [6, 6.07) is 10.7. The summed E-state index contributed by atoms with van der Waals surface area (Å²) in [5, 5.41) is 0.974. The Hall–Kier alpha value is -1.58. The maximum Gasteiger partial charge on any atom is 0.122 e. The molecule has 0 amide bonds. The molecule has 0 fully saturated rings. The first kappa shape index (κ1) is 14.8. The van der Waals surface area contributed by atoms with E-state index in [9.17, 15) is 0 Å². The van der Waals surface area contributed by atoms with Crippen molar-refractivity contribution in [2.45, 2.75) is 6.92 Å². The highest BCUT2D eigenvalue weighted by Gasteiger charge is 2.01. The first-order valence-corrected chi connectivity index (χ1v) is 6.88. The predicted octanol–water partition coefficient (Wildman–Crippen LogP) is 4.34. The minimum atomic E-state index is 0.408. The third kappa shape index (κ3) is 3.95. The molecule has 0 unspecified atom stereocenters. The standard InChI is InChI=1S/C15H15Cl2NO2/c1-10-2-3-12(9-15(10)18)20-7-6-19-11-4-5-13(16)14(17)8-11/h2-5,8-9H,6-7,18H2,1H3. The molecule has 0 spiro atoms. The molecule has 2 rings (SSSR count). The van der Waals surface area contributed by atoms with E-state index in [-0.39, 0.29) is 0 Å². The fourth-order valence-electron chi connectivity index (χ4n) is 1.59. The number of ether oxygens (including phenoxy) is 2. The number of rotatable bonds is 5. The van der Waals surface area contributed by atoms with E-state index in [1.54, 1.807) is 24.3 Å². The lowest BCUT2D eigenvalue weighted by Crippen LogP contribution is -2.09. The van der Waals surface area contributed by atoms with Gasteiger partial charge in [-0.3, -0.25) is 0 Å². The molecule has 0 aliphatic carbocycles. The van der Waals surface area contributed by atoms with E-state index in [1.165, 1.54) is 0 Å². The van der Waals surface area contributed by atoms with Crippen LogP contribution in [0, 0.1) is 6.92 Å². The second-order valence-corrected chi connectivity index (χ2v) is 5.11. The third-order valence-corrected chi connectivity index (χ3v) is 3.50. The summed E-state index contributed by atoms with van der Waals surface area (Å²) in [4.78, 5) is 0. The quantitative estimate of drug-likeness (QED) is 0.660. The van der Waals surface area contributed by atoms with Crippen LogP contribution in [0.4, 0.5) is 5.69 Å². The van der Waals surface area contributed by atoms with Gasteiger partial charge in [-0.25, -0.2) is 0 Å². The number of anilines is 1. The van der Waals surface area contributed by atoms with Crippen LogP contribution in [0.25, 0.3) is 0 Å². The Balaban J connectivity index is 1.81. The van der Waals surface area contributed by atoms with Crippen molar-refractivity contribution < 1.29 is 9.47 Å². The van der Waals surface area contributed by atoms with Crippen LogP contribution < -0.4 is 15.2 Å². The highest BCUT2D eigenvalue weighted by Crippen LogP contribution is 2.26. The molecule has 0 heterocycles. The Morgan fingerprint density at radius 2 is 1.50 bits per heavy atom. The smallest absolute Gasteiger partial charge is 0.122 e. The van der Waals surface area contributed by atoms with Crippen LogP contribution in [0.1, 0.15) is 5.56 Å². The zero-order valence-electron chi connectivity index (χ0n) is 11.0. The SMILES string of the molecule is Cc1ccc(OCCOc2ccc(Cl)c(Cl)c2)cc1N. The van der Waals surface area contributed by atoms with Gasteiger partial charge in [-0.05, 0) is 30.7 Å². The van der Waals surface area contributed by atoms with Crippen molar-refractivity contribution in [2.24, 2.45) is 0 Å². The number of hydrogen-bond acceptors (Lipinski definition) is 3. The molecule has 0 bridgehead atoms. The summed E-state index contributed by atoms with van der Waals surface area (Å²) in [7, 11) is 0. The predicted molar refractivity (Wildman–Crippen MR) is 83.0 cm³/mol. The third-order valence-electron chi connectivity index (χ3n) is 2.76. The Morgan fingerprint density at radius 3 is 2.10 bits per heavy atom. The minimum Gasteiger partial charge on any atom is -0.490 e. The molecule has 2 aromatic carbocycles. The average Bonchev–Trinajstić information content (AvgIpc) is 2.42. The zero-order chi connectivity index (χ0) is 14.5. The van der Waals surface area contributed by atoms with Crippen LogP contribution >= 0.6 is 23.2 Å². The molecule has 0 saturated heterocycles. The Kier molecular flexibility index (Phi) is 4.99. The number of aryl methyl sites for hydroxylation is 1. The molecule has 106 valence electrons. The molecule has 2 N–H and O–H groups in total. The largest absolute Gasteiger partial charge is 0.490 e. The monoisotopic (exact) mass is 311 g/mol. The lowest BCUT2D eigenvalue weighted by molar-refractivity contribution is 0.217. The van der Waals surface area contributed by atoms with E-state index < -0.39 is 0 Å². The van der Waals surface area contributed by atoms with Crippen LogP contribution in [-0.4, -0.2) is 13.2 Å². The van der Waals surface area contributed by atoms with Crippen LogP contribution in [0.5, 0.6) is 11.5 Å². The second-order valence-electron chi connectivity index (χ2n) is 4.29. The molecule has 0 saturated carbocycles. The normalized spacial score (nSPS) is 10.3. The topological polar surface area (TPSA) is 44.5 Å².